The predicted octanol–water partition coefficient (Wildman–Crippen LogP) is 3.30. The lowest BCUT2D eigenvalue weighted by atomic mass is 10.1. The van der Waals surface area contributed by atoms with Crippen LogP contribution in [0.25, 0.3) is 0 Å². The molecule has 3 rings (SSSR count). The van der Waals surface area contributed by atoms with Crippen molar-refractivity contribution >= 4 is 23.0 Å². The van der Waals surface area contributed by atoms with E-state index in [0.29, 0.717) is 5.11 Å². The zero-order chi connectivity index (χ0) is 18.2. The normalized spacial score (nSPS) is 14.8. The summed E-state index contributed by atoms with van der Waals surface area (Å²) in [5, 5.41) is 7.24. The lowest BCUT2D eigenvalue weighted by Crippen LogP contribution is -3.11. The molecule has 2 aromatic carbocycles. The highest BCUT2D eigenvalue weighted by Crippen LogP contribution is 2.11. The Hall–Kier alpha value is -1.91. The van der Waals surface area contributed by atoms with Gasteiger partial charge in [-0.2, -0.15) is 0 Å². The average molecular weight is 369 g/mol. The van der Waals surface area contributed by atoms with Crippen molar-refractivity contribution in [3.63, 3.8) is 0 Å². The van der Waals surface area contributed by atoms with E-state index >= 15 is 0 Å². The zero-order valence-electron chi connectivity index (χ0n) is 15.7. The first-order valence-electron chi connectivity index (χ1n) is 9.78. The van der Waals surface area contributed by atoms with Gasteiger partial charge in [-0.3, -0.25) is 0 Å². The largest absolute Gasteiger partial charge is 0.358 e. The quantitative estimate of drug-likeness (QED) is 0.683. The van der Waals surface area contributed by atoms with Crippen molar-refractivity contribution in [1.82, 2.24) is 5.32 Å². The summed E-state index contributed by atoms with van der Waals surface area (Å²) in [6, 6.07) is 17.3. The molecule has 0 spiro atoms. The third-order valence-electron chi connectivity index (χ3n) is 5.08. The Morgan fingerprint density at radius 1 is 0.962 bits per heavy atom. The fourth-order valence-electron chi connectivity index (χ4n) is 3.52. The number of hydrogen-bond acceptors (Lipinski definition) is 1. The summed E-state index contributed by atoms with van der Waals surface area (Å²) in [5.41, 5.74) is 5.04. The zero-order valence-corrected chi connectivity index (χ0v) is 16.5. The Morgan fingerprint density at radius 2 is 1.69 bits per heavy atom. The van der Waals surface area contributed by atoms with E-state index in [1.165, 1.54) is 49.0 Å². The summed E-state index contributed by atoms with van der Waals surface area (Å²) in [6.07, 6.45) is 5.19. The predicted molar refractivity (Wildman–Crippen MR) is 114 cm³/mol. The molecule has 0 unspecified atom stereocenters. The van der Waals surface area contributed by atoms with Crippen LogP contribution >= 0.6 is 12.2 Å². The molecule has 26 heavy (non-hydrogen) atoms. The van der Waals surface area contributed by atoms with Crippen molar-refractivity contribution in [3.8, 4) is 0 Å². The van der Waals surface area contributed by atoms with Crippen LogP contribution in [0.1, 0.15) is 42.9 Å². The third kappa shape index (κ3) is 5.82. The molecule has 1 saturated heterocycles. The minimum absolute atomic E-state index is 0.667. The van der Waals surface area contributed by atoms with E-state index in [-0.39, 0.29) is 0 Å². The van der Waals surface area contributed by atoms with Crippen molar-refractivity contribution in [3.05, 3.63) is 65.2 Å². The maximum absolute atomic E-state index is 5.42. The molecule has 1 heterocycles. The average Bonchev–Trinajstić information content (AvgIpc) is 2.68. The third-order valence-corrected chi connectivity index (χ3v) is 5.33. The number of anilines is 1. The molecule has 0 atom stereocenters. The molecule has 1 aliphatic rings. The van der Waals surface area contributed by atoms with E-state index in [0.717, 1.165) is 25.2 Å². The topological polar surface area (TPSA) is 28.5 Å². The Bertz CT molecular complexity index is 706. The molecule has 0 saturated carbocycles. The molecule has 1 aliphatic heterocycles. The van der Waals surface area contributed by atoms with Gasteiger partial charge in [-0.15, -0.1) is 0 Å². The van der Waals surface area contributed by atoms with Gasteiger partial charge >= 0.3 is 0 Å². The van der Waals surface area contributed by atoms with E-state index < -0.39 is 0 Å². The highest BCUT2D eigenvalue weighted by molar-refractivity contribution is 7.80. The van der Waals surface area contributed by atoms with Gasteiger partial charge in [-0.1, -0.05) is 43.3 Å². The number of thiocarbonyl (C=S) groups is 1. The van der Waals surface area contributed by atoms with Gasteiger partial charge in [-0.05, 0) is 61.2 Å². The molecule has 0 radical (unpaired) electrons. The second kappa shape index (κ2) is 9.70. The number of piperidine rings is 1. The number of quaternary nitrogens is 1. The molecule has 0 bridgehead atoms. The summed E-state index contributed by atoms with van der Waals surface area (Å²) in [5.74, 6) is 0. The Kier molecular flexibility index (Phi) is 7.04. The van der Waals surface area contributed by atoms with Gasteiger partial charge in [0.1, 0.15) is 6.54 Å². The Morgan fingerprint density at radius 3 is 2.42 bits per heavy atom. The molecule has 1 fully saturated rings. The number of benzene rings is 2. The van der Waals surface area contributed by atoms with Crippen LogP contribution in [0.2, 0.25) is 0 Å². The van der Waals surface area contributed by atoms with Crippen molar-refractivity contribution in [2.45, 2.75) is 45.7 Å². The van der Waals surface area contributed by atoms with Crippen LogP contribution in [0.3, 0.4) is 0 Å². The number of rotatable bonds is 6. The Balaban J connectivity index is 1.45. The van der Waals surface area contributed by atoms with Gasteiger partial charge in [0.25, 0.3) is 0 Å². The van der Waals surface area contributed by atoms with Crippen molar-refractivity contribution in [2.75, 3.05) is 18.4 Å². The first-order valence-corrected chi connectivity index (χ1v) is 10.2. The maximum atomic E-state index is 5.42. The second-order valence-electron chi connectivity index (χ2n) is 7.17. The summed E-state index contributed by atoms with van der Waals surface area (Å²) >= 11 is 5.42. The molecular weight excluding hydrogens is 338 g/mol. The van der Waals surface area contributed by atoms with Gasteiger partial charge < -0.3 is 15.5 Å². The van der Waals surface area contributed by atoms with Gasteiger partial charge in [0.2, 0.25) is 0 Å². The molecule has 0 aliphatic carbocycles. The smallest absolute Gasteiger partial charge is 0.171 e. The lowest BCUT2D eigenvalue weighted by molar-refractivity contribution is -0.918. The van der Waals surface area contributed by atoms with Crippen LogP contribution in [-0.2, 0) is 19.5 Å². The fraction of sp³-hybridized carbons (Fsp3) is 0.409. The standard InChI is InChI=1S/C22H29N3S/c1-2-18-7-6-8-21(15-18)24-22(26)23-16-19-9-11-20(12-10-19)17-25-13-4-3-5-14-25/h6-12,15H,2-5,13-14,16-17H2,1H3,(H2,23,24,26)/p+1. The summed E-state index contributed by atoms with van der Waals surface area (Å²) in [6.45, 7) is 6.70. The molecule has 2 aromatic rings. The van der Waals surface area contributed by atoms with E-state index in [1.807, 2.05) is 6.07 Å². The van der Waals surface area contributed by atoms with Crippen molar-refractivity contribution in [2.24, 2.45) is 0 Å². The van der Waals surface area contributed by atoms with Crippen LogP contribution in [0.15, 0.2) is 48.5 Å². The summed E-state index contributed by atoms with van der Waals surface area (Å²) in [4.78, 5) is 1.72. The van der Waals surface area contributed by atoms with Crippen LogP contribution < -0.4 is 15.5 Å². The molecule has 0 aromatic heterocycles. The highest BCUT2D eigenvalue weighted by atomic mass is 32.1. The fourth-order valence-corrected chi connectivity index (χ4v) is 3.71. The number of nitrogens with one attached hydrogen (secondary N) is 3. The molecule has 3 nitrogen and oxygen atoms in total. The van der Waals surface area contributed by atoms with Crippen molar-refractivity contribution in [1.29, 1.82) is 0 Å². The molecule has 0 amide bonds. The van der Waals surface area contributed by atoms with E-state index in [4.69, 9.17) is 12.2 Å². The van der Waals surface area contributed by atoms with E-state index in [2.05, 4.69) is 60.0 Å². The number of aryl methyl sites for hydroxylation is 1. The summed E-state index contributed by atoms with van der Waals surface area (Å²) < 4.78 is 0. The number of likely N-dealkylation sites (tertiary alicyclic amines) is 1. The van der Waals surface area contributed by atoms with E-state index in [1.54, 1.807) is 4.90 Å². The van der Waals surface area contributed by atoms with Gasteiger partial charge in [0.05, 0.1) is 13.1 Å². The molecular formula is C22H30N3S+. The Labute approximate surface area is 162 Å². The first kappa shape index (κ1) is 18.9. The lowest BCUT2D eigenvalue weighted by Gasteiger charge is -2.23. The van der Waals surface area contributed by atoms with Crippen LogP contribution in [0.4, 0.5) is 5.69 Å². The minimum Gasteiger partial charge on any atom is -0.358 e. The van der Waals surface area contributed by atoms with Gasteiger partial charge in [0, 0.05) is 17.8 Å². The van der Waals surface area contributed by atoms with Gasteiger partial charge in [0.15, 0.2) is 5.11 Å². The monoisotopic (exact) mass is 368 g/mol. The number of hydrogen-bond donors (Lipinski definition) is 3. The van der Waals surface area contributed by atoms with Crippen LogP contribution in [0, 0.1) is 0 Å². The minimum atomic E-state index is 0.667. The summed E-state index contributed by atoms with van der Waals surface area (Å²) in [7, 11) is 0. The first-order chi connectivity index (χ1) is 12.7. The van der Waals surface area contributed by atoms with Crippen molar-refractivity contribution < 1.29 is 4.90 Å². The SMILES string of the molecule is CCc1cccc(NC(=S)NCc2ccc(C[NH+]3CCCCC3)cc2)c1. The maximum Gasteiger partial charge on any atom is 0.171 e. The molecule has 138 valence electrons. The molecule has 3 N–H and O–H groups in total. The molecule has 4 heteroatoms. The van der Waals surface area contributed by atoms with Crippen LogP contribution in [0.5, 0.6) is 0 Å². The van der Waals surface area contributed by atoms with Gasteiger partial charge in [-0.25, -0.2) is 0 Å². The van der Waals surface area contributed by atoms with E-state index in [9.17, 15) is 0 Å². The highest BCUT2D eigenvalue weighted by Gasteiger charge is 2.13. The van der Waals surface area contributed by atoms with Crippen LogP contribution in [-0.4, -0.2) is 18.2 Å². The second-order valence-corrected chi connectivity index (χ2v) is 7.57.